The van der Waals surface area contributed by atoms with E-state index in [0.717, 1.165) is 6.42 Å². The summed E-state index contributed by atoms with van der Waals surface area (Å²) in [6.45, 7) is 12.6. The molecule has 0 fully saturated rings. The van der Waals surface area contributed by atoms with E-state index in [1.807, 2.05) is 13.0 Å². The molecule has 0 amide bonds. The van der Waals surface area contributed by atoms with Gasteiger partial charge in [0.05, 0.1) is 0 Å². The van der Waals surface area contributed by atoms with Gasteiger partial charge < -0.3 is 0 Å². The molecule has 13 heavy (non-hydrogen) atoms. The molecule has 0 aromatic rings. The lowest BCUT2D eigenvalue weighted by Gasteiger charge is -2.17. The van der Waals surface area contributed by atoms with Crippen LogP contribution in [0.1, 0.15) is 40.5 Å². The van der Waals surface area contributed by atoms with E-state index in [-0.39, 0.29) is 0 Å². The standard InChI is InChI=1S/C13H22/c1-6-8-12(9-7-2)10-11-13(3,4)5/h6-9H,1,10-11H2,2-5H3/b9-7-,12-8+. The zero-order valence-corrected chi connectivity index (χ0v) is 9.43. The third-order valence-electron chi connectivity index (χ3n) is 1.88. The van der Waals surface area contributed by atoms with Crippen molar-refractivity contribution in [1.29, 1.82) is 0 Å². The van der Waals surface area contributed by atoms with Gasteiger partial charge in [-0.15, -0.1) is 0 Å². The average molecular weight is 178 g/mol. The zero-order chi connectivity index (χ0) is 10.3. The lowest BCUT2D eigenvalue weighted by Crippen LogP contribution is -2.04. The van der Waals surface area contributed by atoms with Gasteiger partial charge in [-0.1, -0.05) is 51.7 Å². The molecular formula is C13H22. The van der Waals surface area contributed by atoms with E-state index in [1.165, 1.54) is 12.0 Å². The van der Waals surface area contributed by atoms with Crippen molar-refractivity contribution in [2.24, 2.45) is 5.41 Å². The van der Waals surface area contributed by atoms with Gasteiger partial charge in [-0.2, -0.15) is 0 Å². The van der Waals surface area contributed by atoms with Crippen molar-refractivity contribution in [2.45, 2.75) is 40.5 Å². The van der Waals surface area contributed by atoms with Crippen LogP contribution in [0.25, 0.3) is 0 Å². The van der Waals surface area contributed by atoms with Gasteiger partial charge in [0.2, 0.25) is 0 Å². The molecule has 0 unspecified atom stereocenters. The van der Waals surface area contributed by atoms with Gasteiger partial charge >= 0.3 is 0 Å². The Morgan fingerprint density at radius 1 is 1.31 bits per heavy atom. The predicted molar refractivity (Wildman–Crippen MR) is 61.8 cm³/mol. The lowest BCUT2D eigenvalue weighted by atomic mass is 9.88. The van der Waals surface area contributed by atoms with Crippen molar-refractivity contribution in [2.75, 3.05) is 0 Å². The molecule has 0 aliphatic heterocycles. The number of rotatable bonds is 4. The second kappa shape index (κ2) is 5.80. The van der Waals surface area contributed by atoms with Crippen LogP contribution >= 0.6 is 0 Å². The van der Waals surface area contributed by atoms with Crippen molar-refractivity contribution in [3.63, 3.8) is 0 Å². The van der Waals surface area contributed by atoms with Gasteiger partial charge in [-0.3, -0.25) is 0 Å². The fourth-order valence-electron chi connectivity index (χ4n) is 1.11. The summed E-state index contributed by atoms with van der Waals surface area (Å²) in [5, 5.41) is 0. The van der Waals surface area contributed by atoms with E-state index in [2.05, 4.69) is 45.6 Å². The maximum absolute atomic E-state index is 3.72. The predicted octanol–water partition coefficient (Wildman–Crippen LogP) is 4.50. The zero-order valence-electron chi connectivity index (χ0n) is 9.43. The van der Waals surface area contributed by atoms with Gasteiger partial charge in [-0.05, 0) is 30.8 Å². The van der Waals surface area contributed by atoms with Crippen LogP contribution in [0, 0.1) is 5.41 Å². The van der Waals surface area contributed by atoms with Crippen molar-refractivity contribution >= 4 is 0 Å². The summed E-state index contributed by atoms with van der Waals surface area (Å²) < 4.78 is 0. The Labute approximate surface area is 83.0 Å². The normalized spacial score (nSPS) is 13.7. The minimum atomic E-state index is 0.418. The summed E-state index contributed by atoms with van der Waals surface area (Å²) in [6, 6.07) is 0. The highest BCUT2D eigenvalue weighted by atomic mass is 14.1. The molecule has 0 rings (SSSR count). The monoisotopic (exact) mass is 178 g/mol. The Balaban J connectivity index is 4.13. The Bertz CT molecular complexity index is 199. The fourth-order valence-corrected chi connectivity index (χ4v) is 1.11. The highest BCUT2D eigenvalue weighted by molar-refractivity contribution is 5.22. The van der Waals surface area contributed by atoms with Crippen LogP contribution in [0.3, 0.4) is 0 Å². The van der Waals surface area contributed by atoms with Gasteiger partial charge in [0.15, 0.2) is 0 Å². The quantitative estimate of drug-likeness (QED) is 0.556. The van der Waals surface area contributed by atoms with E-state index < -0.39 is 0 Å². The van der Waals surface area contributed by atoms with Crippen LogP contribution in [0.5, 0.6) is 0 Å². The van der Waals surface area contributed by atoms with Gasteiger partial charge in [-0.25, -0.2) is 0 Å². The van der Waals surface area contributed by atoms with Gasteiger partial charge in [0.25, 0.3) is 0 Å². The molecule has 0 spiro atoms. The van der Waals surface area contributed by atoms with Gasteiger partial charge in [0, 0.05) is 0 Å². The molecule has 0 N–H and O–H groups in total. The summed E-state index contributed by atoms with van der Waals surface area (Å²) in [7, 11) is 0. The van der Waals surface area contributed by atoms with Crippen molar-refractivity contribution in [1.82, 2.24) is 0 Å². The topological polar surface area (TPSA) is 0 Å². The van der Waals surface area contributed by atoms with Crippen molar-refractivity contribution < 1.29 is 0 Å². The SMILES string of the molecule is C=C/C=C(\C=C/C)CCC(C)(C)C. The van der Waals surface area contributed by atoms with Crippen LogP contribution in [-0.2, 0) is 0 Å². The van der Waals surface area contributed by atoms with Crippen LogP contribution in [-0.4, -0.2) is 0 Å². The molecule has 0 heterocycles. The Morgan fingerprint density at radius 3 is 2.31 bits per heavy atom. The fraction of sp³-hybridized carbons (Fsp3) is 0.538. The highest BCUT2D eigenvalue weighted by Crippen LogP contribution is 2.23. The third kappa shape index (κ3) is 7.58. The third-order valence-corrected chi connectivity index (χ3v) is 1.88. The molecule has 0 heteroatoms. The molecule has 0 saturated heterocycles. The highest BCUT2D eigenvalue weighted by Gasteiger charge is 2.09. The molecule has 74 valence electrons. The molecule has 0 aliphatic carbocycles. The first-order valence-electron chi connectivity index (χ1n) is 4.94. The molecule has 0 bridgehead atoms. The molecule has 0 atom stereocenters. The minimum Gasteiger partial charge on any atom is -0.0991 e. The largest absolute Gasteiger partial charge is 0.0991 e. The van der Waals surface area contributed by atoms with Crippen LogP contribution in [0.4, 0.5) is 0 Å². The van der Waals surface area contributed by atoms with E-state index in [4.69, 9.17) is 0 Å². The van der Waals surface area contributed by atoms with Crippen LogP contribution in [0.2, 0.25) is 0 Å². The first-order chi connectivity index (χ1) is 5.99. The summed E-state index contributed by atoms with van der Waals surface area (Å²) in [4.78, 5) is 0. The van der Waals surface area contributed by atoms with E-state index in [9.17, 15) is 0 Å². The Hall–Kier alpha value is -0.780. The smallest absolute Gasteiger partial charge is 0.0274 e. The van der Waals surface area contributed by atoms with Gasteiger partial charge in [0.1, 0.15) is 0 Å². The molecule has 0 aliphatic rings. The number of hydrogen-bond donors (Lipinski definition) is 0. The lowest BCUT2D eigenvalue weighted by molar-refractivity contribution is 0.379. The minimum absolute atomic E-state index is 0.418. The van der Waals surface area contributed by atoms with Crippen LogP contribution in [0.15, 0.2) is 36.5 Å². The molecule has 0 radical (unpaired) electrons. The first-order valence-corrected chi connectivity index (χ1v) is 4.94. The van der Waals surface area contributed by atoms with Crippen molar-refractivity contribution in [3.05, 3.63) is 36.5 Å². The number of allylic oxidation sites excluding steroid dienone is 5. The second-order valence-electron chi connectivity index (χ2n) is 4.54. The van der Waals surface area contributed by atoms with E-state index in [0.29, 0.717) is 5.41 Å². The molecule has 0 saturated carbocycles. The molecule has 0 aromatic carbocycles. The Morgan fingerprint density at radius 2 is 1.92 bits per heavy atom. The first kappa shape index (κ1) is 12.2. The average Bonchev–Trinajstić information content (AvgIpc) is 2.00. The second-order valence-corrected chi connectivity index (χ2v) is 4.54. The van der Waals surface area contributed by atoms with E-state index >= 15 is 0 Å². The Kier molecular flexibility index (Phi) is 5.45. The summed E-state index contributed by atoms with van der Waals surface area (Å²) >= 11 is 0. The number of hydrogen-bond acceptors (Lipinski definition) is 0. The summed E-state index contributed by atoms with van der Waals surface area (Å²) in [5.74, 6) is 0. The summed E-state index contributed by atoms with van der Waals surface area (Å²) in [6.07, 6.45) is 10.5. The molecular weight excluding hydrogens is 156 g/mol. The maximum atomic E-state index is 3.72. The summed E-state index contributed by atoms with van der Waals surface area (Å²) in [5.41, 5.74) is 1.79. The molecule has 0 nitrogen and oxygen atoms in total. The maximum Gasteiger partial charge on any atom is -0.0274 e. The van der Waals surface area contributed by atoms with Crippen molar-refractivity contribution in [3.8, 4) is 0 Å². The molecule has 0 aromatic heterocycles. The van der Waals surface area contributed by atoms with Crippen LogP contribution < -0.4 is 0 Å². The van der Waals surface area contributed by atoms with E-state index in [1.54, 1.807) is 0 Å².